The van der Waals surface area contributed by atoms with Gasteiger partial charge < -0.3 is 5.32 Å². The number of hydrogen-bond donors (Lipinski definition) is 1. The molecule has 3 rings (SSSR count). The maximum Gasteiger partial charge on any atom is 0.161 e. The van der Waals surface area contributed by atoms with Gasteiger partial charge in [0.25, 0.3) is 0 Å². The number of thioether (sulfide) groups is 1. The van der Waals surface area contributed by atoms with E-state index < -0.39 is 0 Å². The van der Waals surface area contributed by atoms with Crippen molar-refractivity contribution in [1.29, 1.82) is 5.26 Å². The standard InChI is InChI=1S/C16H12ClN3S/c17-13-8-11(9-18)6-7-14(13)19-16-20-15(10-21-16)12-4-2-1-3-5-12/h1-8,15H,10H2,(H,19,20). The van der Waals surface area contributed by atoms with Crippen molar-refractivity contribution in [3.8, 4) is 6.07 Å². The summed E-state index contributed by atoms with van der Waals surface area (Å²) in [5, 5.41) is 13.5. The van der Waals surface area contributed by atoms with Crippen LogP contribution in [-0.2, 0) is 0 Å². The first-order chi connectivity index (χ1) is 10.3. The fourth-order valence-corrected chi connectivity index (χ4v) is 3.28. The van der Waals surface area contributed by atoms with E-state index in [2.05, 4.69) is 28.5 Å². The predicted molar refractivity (Wildman–Crippen MR) is 88.9 cm³/mol. The van der Waals surface area contributed by atoms with Crippen LogP contribution in [0.3, 0.4) is 0 Å². The number of nitriles is 1. The second kappa shape index (κ2) is 6.21. The van der Waals surface area contributed by atoms with Gasteiger partial charge in [0.15, 0.2) is 5.17 Å². The van der Waals surface area contributed by atoms with E-state index in [9.17, 15) is 0 Å². The lowest BCUT2D eigenvalue weighted by Gasteiger charge is -2.07. The van der Waals surface area contributed by atoms with Crippen LogP contribution in [0.1, 0.15) is 17.2 Å². The average molecular weight is 314 g/mol. The summed E-state index contributed by atoms with van der Waals surface area (Å²) in [6.45, 7) is 0. The highest BCUT2D eigenvalue weighted by molar-refractivity contribution is 8.14. The monoisotopic (exact) mass is 313 g/mol. The number of rotatable bonds is 2. The lowest BCUT2D eigenvalue weighted by Crippen LogP contribution is -2.05. The molecular formula is C16H12ClN3S. The minimum absolute atomic E-state index is 0.177. The van der Waals surface area contributed by atoms with Gasteiger partial charge in [-0.2, -0.15) is 5.26 Å². The van der Waals surface area contributed by atoms with E-state index in [-0.39, 0.29) is 6.04 Å². The molecule has 0 aromatic heterocycles. The van der Waals surface area contributed by atoms with E-state index in [1.807, 2.05) is 18.2 Å². The van der Waals surface area contributed by atoms with Gasteiger partial charge in [0.1, 0.15) is 0 Å². The molecular weight excluding hydrogens is 302 g/mol. The number of benzene rings is 2. The van der Waals surface area contributed by atoms with Gasteiger partial charge in [0.05, 0.1) is 28.4 Å². The van der Waals surface area contributed by atoms with E-state index in [0.717, 1.165) is 16.6 Å². The van der Waals surface area contributed by atoms with E-state index in [1.165, 1.54) is 5.56 Å². The molecule has 0 radical (unpaired) electrons. The lowest BCUT2D eigenvalue weighted by molar-refractivity contribution is 0.849. The van der Waals surface area contributed by atoms with E-state index in [1.54, 1.807) is 30.0 Å². The number of hydrogen-bond acceptors (Lipinski definition) is 4. The Kier molecular flexibility index (Phi) is 4.14. The molecule has 1 N–H and O–H groups in total. The van der Waals surface area contributed by atoms with Crippen molar-refractivity contribution in [1.82, 2.24) is 0 Å². The minimum atomic E-state index is 0.177. The second-order valence-corrected chi connectivity index (χ2v) is 6.02. The van der Waals surface area contributed by atoms with Crippen LogP contribution in [0.2, 0.25) is 5.02 Å². The Morgan fingerprint density at radius 1 is 1.24 bits per heavy atom. The zero-order valence-corrected chi connectivity index (χ0v) is 12.7. The fraction of sp³-hybridized carbons (Fsp3) is 0.125. The Morgan fingerprint density at radius 2 is 2.05 bits per heavy atom. The molecule has 0 bridgehead atoms. The summed E-state index contributed by atoms with van der Waals surface area (Å²) in [5.41, 5.74) is 2.54. The van der Waals surface area contributed by atoms with Crippen LogP contribution in [0.25, 0.3) is 0 Å². The minimum Gasteiger partial charge on any atom is -0.334 e. The molecule has 0 saturated heterocycles. The maximum atomic E-state index is 8.84. The molecule has 1 unspecified atom stereocenters. The smallest absolute Gasteiger partial charge is 0.161 e. The molecule has 1 atom stereocenters. The predicted octanol–water partition coefficient (Wildman–Crippen LogP) is 4.47. The van der Waals surface area contributed by atoms with Crippen molar-refractivity contribution in [3.05, 3.63) is 64.7 Å². The zero-order chi connectivity index (χ0) is 14.7. The third kappa shape index (κ3) is 3.21. The molecule has 2 aromatic rings. The van der Waals surface area contributed by atoms with Crippen LogP contribution in [0, 0.1) is 11.3 Å². The van der Waals surface area contributed by atoms with Crippen molar-refractivity contribution >= 4 is 34.2 Å². The summed E-state index contributed by atoms with van der Waals surface area (Å²) in [4.78, 5) is 4.68. The summed E-state index contributed by atoms with van der Waals surface area (Å²) in [5.74, 6) is 0.917. The van der Waals surface area contributed by atoms with E-state index in [0.29, 0.717) is 10.6 Å². The van der Waals surface area contributed by atoms with Crippen LogP contribution in [0.5, 0.6) is 0 Å². The molecule has 2 aromatic carbocycles. The zero-order valence-electron chi connectivity index (χ0n) is 11.1. The van der Waals surface area contributed by atoms with Crippen molar-refractivity contribution in [2.75, 3.05) is 11.1 Å². The van der Waals surface area contributed by atoms with Crippen LogP contribution >= 0.6 is 23.4 Å². The Balaban J connectivity index is 1.76. The van der Waals surface area contributed by atoms with Crippen molar-refractivity contribution in [2.45, 2.75) is 6.04 Å². The van der Waals surface area contributed by atoms with Gasteiger partial charge in [-0.25, -0.2) is 0 Å². The fourth-order valence-electron chi connectivity index (χ4n) is 2.09. The summed E-state index contributed by atoms with van der Waals surface area (Å²) >= 11 is 7.84. The average Bonchev–Trinajstić information content (AvgIpc) is 2.99. The number of nitrogens with one attached hydrogen (secondary N) is 1. The SMILES string of the molecule is N#Cc1ccc(NC2=NC(c3ccccc3)CS2)c(Cl)c1. The number of nitrogens with zero attached hydrogens (tertiary/aromatic N) is 2. The van der Waals surface area contributed by atoms with E-state index in [4.69, 9.17) is 16.9 Å². The Hall–Kier alpha value is -1.96. The molecule has 0 spiro atoms. The molecule has 0 amide bonds. The van der Waals surface area contributed by atoms with Gasteiger partial charge in [-0.1, -0.05) is 53.7 Å². The van der Waals surface area contributed by atoms with Crippen LogP contribution in [-0.4, -0.2) is 10.9 Å². The number of amidine groups is 1. The molecule has 1 heterocycles. The highest BCUT2D eigenvalue weighted by Gasteiger charge is 2.20. The second-order valence-electron chi connectivity index (χ2n) is 4.60. The summed E-state index contributed by atoms with van der Waals surface area (Å²) < 4.78 is 0. The first-order valence-electron chi connectivity index (χ1n) is 6.48. The Bertz CT molecular complexity index is 722. The first kappa shape index (κ1) is 14.0. The summed E-state index contributed by atoms with van der Waals surface area (Å²) in [6, 6.07) is 17.7. The van der Waals surface area contributed by atoms with Crippen molar-refractivity contribution < 1.29 is 0 Å². The van der Waals surface area contributed by atoms with Crippen LogP contribution in [0.4, 0.5) is 5.69 Å². The molecule has 104 valence electrons. The molecule has 0 fully saturated rings. The molecule has 0 aliphatic carbocycles. The molecule has 1 aliphatic rings. The van der Waals surface area contributed by atoms with Gasteiger partial charge in [0, 0.05) is 5.75 Å². The Labute approximate surface area is 132 Å². The van der Waals surface area contributed by atoms with Crippen molar-refractivity contribution in [3.63, 3.8) is 0 Å². The van der Waals surface area contributed by atoms with Gasteiger partial charge >= 0.3 is 0 Å². The lowest BCUT2D eigenvalue weighted by atomic mass is 10.1. The summed E-state index contributed by atoms with van der Waals surface area (Å²) in [7, 11) is 0. The third-order valence-corrected chi connectivity index (χ3v) is 4.45. The number of aliphatic imine (C=N–C) groups is 1. The largest absolute Gasteiger partial charge is 0.334 e. The number of anilines is 1. The first-order valence-corrected chi connectivity index (χ1v) is 7.85. The maximum absolute atomic E-state index is 8.84. The van der Waals surface area contributed by atoms with Gasteiger partial charge in [-0.05, 0) is 23.8 Å². The summed E-state index contributed by atoms with van der Waals surface area (Å²) in [6.07, 6.45) is 0. The number of halogens is 1. The van der Waals surface area contributed by atoms with E-state index >= 15 is 0 Å². The molecule has 3 nitrogen and oxygen atoms in total. The van der Waals surface area contributed by atoms with Gasteiger partial charge in [-0.3, -0.25) is 4.99 Å². The van der Waals surface area contributed by atoms with Crippen LogP contribution in [0.15, 0.2) is 53.5 Å². The highest BCUT2D eigenvalue weighted by atomic mass is 35.5. The van der Waals surface area contributed by atoms with Crippen molar-refractivity contribution in [2.24, 2.45) is 4.99 Å². The molecule has 0 saturated carbocycles. The molecule has 21 heavy (non-hydrogen) atoms. The molecule has 1 aliphatic heterocycles. The van der Waals surface area contributed by atoms with Gasteiger partial charge in [0.2, 0.25) is 0 Å². The quantitative estimate of drug-likeness (QED) is 0.890. The highest BCUT2D eigenvalue weighted by Crippen LogP contribution is 2.32. The normalized spacial score (nSPS) is 17.1. The molecule has 5 heteroatoms. The Morgan fingerprint density at radius 3 is 2.76 bits per heavy atom. The van der Waals surface area contributed by atoms with Crippen LogP contribution < -0.4 is 5.32 Å². The topological polar surface area (TPSA) is 48.2 Å². The third-order valence-electron chi connectivity index (χ3n) is 3.18. The van der Waals surface area contributed by atoms with Gasteiger partial charge in [-0.15, -0.1) is 0 Å².